The topological polar surface area (TPSA) is 31.4 Å². The van der Waals surface area contributed by atoms with E-state index in [1.807, 2.05) is 18.4 Å². The van der Waals surface area contributed by atoms with E-state index in [1.54, 1.807) is 0 Å². The van der Waals surface area contributed by atoms with Crippen molar-refractivity contribution < 1.29 is 0 Å². The van der Waals surface area contributed by atoms with Gasteiger partial charge in [0, 0.05) is 36.6 Å². The molecule has 0 aliphatic carbocycles. The van der Waals surface area contributed by atoms with Crippen molar-refractivity contribution >= 4 is 16.5 Å². The lowest BCUT2D eigenvalue weighted by Gasteiger charge is -2.42. The highest BCUT2D eigenvalue weighted by molar-refractivity contribution is 7.15. The molecule has 20 heavy (non-hydrogen) atoms. The van der Waals surface area contributed by atoms with Gasteiger partial charge < -0.3 is 10.2 Å². The van der Waals surface area contributed by atoms with E-state index < -0.39 is 0 Å². The second-order valence-corrected chi connectivity index (χ2v) is 6.98. The molecule has 1 aliphatic rings. The second-order valence-electron chi connectivity index (χ2n) is 5.92. The van der Waals surface area contributed by atoms with Gasteiger partial charge in [-0.15, -0.1) is 11.3 Å². The van der Waals surface area contributed by atoms with E-state index in [0.29, 0.717) is 12.1 Å². The van der Waals surface area contributed by atoms with Crippen molar-refractivity contribution in [2.75, 3.05) is 32.1 Å². The first-order valence-corrected chi connectivity index (χ1v) is 8.48. The lowest BCUT2D eigenvalue weighted by atomic mass is 10.1. The Balaban J connectivity index is 2.17. The summed E-state index contributed by atoms with van der Waals surface area (Å²) >= 11 is 1.87. The number of anilines is 1. The van der Waals surface area contributed by atoms with E-state index in [2.05, 4.69) is 42.9 Å². The predicted molar refractivity (Wildman–Crippen MR) is 87.8 cm³/mol. The van der Waals surface area contributed by atoms with E-state index >= 15 is 0 Å². The van der Waals surface area contributed by atoms with Gasteiger partial charge in [-0.3, -0.25) is 4.90 Å². The summed E-state index contributed by atoms with van der Waals surface area (Å²) in [6.45, 7) is 9.93. The van der Waals surface area contributed by atoms with E-state index in [0.717, 1.165) is 32.5 Å². The number of thiazole rings is 1. The monoisotopic (exact) mass is 296 g/mol. The Morgan fingerprint density at radius 1 is 1.30 bits per heavy atom. The van der Waals surface area contributed by atoms with Crippen molar-refractivity contribution in [2.24, 2.45) is 0 Å². The van der Waals surface area contributed by atoms with Crippen LogP contribution in [0.5, 0.6) is 0 Å². The standard InChI is InChI=1S/C15H28N4S/c1-6-7-13-14(8-16-4)20-15(17-13)19-9-11(2)18(5)12(3)10-19/h11-12,16H,6-10H2,1-5H3. The molecule has 1 saturated heterocycles. The molecular weight excluding hydrogens is 268 g/mol. The summed E-state index contributed by atoms with van der Waals surface area (Å²) in [5, 5.41) is 4.48. The van der Waals surface area contributed by atoms with Crippen LogP contribution in [-0.2, 0) is 13.0 Å². The molecular formula is C15H28N4S. The highest BCUT2D eigenvalue weighted by atomic mass is 32.1. The fraction of sp³-hybridized carbons (Fsp3) is 0.800. The van der Waals surface area contributed by atoms with E-state index in [4.69, 9.17) is 4.98 Å². The average Bonchev–Trinajstić information content (AvgIpc) is 2.80. The molecule has 2 unspecified atom stereocenters. The van der Waals surface area contributed by atoms with Crippen LogP contribution in [0.15, 0.2) is 0 Å². The normalized spacial score (nSPS) is 24.4. The number of aryl methyl sites for hydroxylation is 1. The van der Waals surface area contributed by atoms with Gasteiger partial charge >= 0.3 is 0 Å². The van der Waals surface area contributed by atoms with Crippen LogP contribution in [-0.4, -0.2) is 49.2 Å². The van der Waals surface area contributed by atoms with Crippen molar-refractivity contribution in [3.63, 3.8) is 0 Å². The summed E-state index contributed by atoms with van der Waals surface area (Å²) in [5.41, 5.74) is 1.29. The number of nitrogens with zero attached hydrogens (tertiary/aromatic N) is 3. The average molecular weight is 296 g/mol. The maximum absolute atomic E-state index is 4.92. The van der Waals surface area contributed by atoms with E-state index in [9.17, 15) is 0 Å². The number of aromatic nitrogens is 1. The number of hydrogen-bond donors (Lipinski definition) is 1. The maximum atomic E-state index is 4.92. The Labute approximate surface area is 127 Å². The summed E-state index contributed by atoms with van der Waals surface area (Å²) in [5.74, 6) is 0. The molecule has 1 N–H and O–H groups in total. The highest BCUT2D eigenvalue weighted by Crippen LogP contribution is 2.29. The fourth-order valence-electron chi connectivity index (χ4n) is 2.80. The van der Waals surface area contributed by atoms with Crippen molar-refractivity contribution in [1.29, 1.82) is 0 Å². The summed E-state index contributed by atoms with van der Waals surface area (Å²) in [4.78, 5) is 11.3. The van der Waals surface area contributed by atoms with Gasteiger partial charge in [0.25, 0.3) is 0 Å². The summed E-state index contributed by atoms with van der Waals surface area (Å²) in [6.07, 6.45) is 2.25. The Morgan fingerprint density at radius 2 is 1.95 bits per heavy atom. The number of hydrogen-bond acceptors (Lipinski definition) is 5. The van der Waals surface area contributed by atoms with Gasteiger partial charge in [-0.05, 0) is 34.4 Å². The zero-order valence-electron chi connectivity index (χ0n) is 13.4. The molecule has 1 aromatic rings. The van der Waals surface area contributed by atoms with Crippen molar-refractivity contribution in [1.82, 2.24) is 15.2 Å². The predicted octanol–water partition coefficient (Wildman–Crippen LogP) is 2.34. The third-order valence-electron chi connectivity index (χ3n) is 4.22. The van der Waals surface area contributed by atoms with Crippen LogP contribution in [0.25, 0.3) is 0 Å². The molecule has 1 aromatic heterocycles. The van der Waals surface area contributed by atoms with Crippen LogP contribution in [0, 0.1) is 0 Å². The molecule has 0 radical (unpaired) electrons. The van der Waals surface area contributed by atoms with Gasteiger partial charge in [-0.1, -0.05) is 13.3 Å². The SMILES string of the molecule is CCCc1nc(N2CC(C)N(C)C(C)C2)sc1CNC. The first kappa shape index (κ1) is 15.7. The van der Waals surface area contributed by atoms with Crippen LogP contribution in [0.3, 0.4) is 0 Å². The first-order valence-electron chi connectivity index (χ1n) is 7.66. The van der Waals surface area contributed by atoms with Crippen LogP contribution < -0.4 is 10.2 Å². The van der Waals surface area contributed by atoms with E-state index in [-0.39, 0.29) is 0 Å². The molecule has 2 atom stereocenters. The molecule has 5 heteroatoms. The Kier molecular flexibility index (Phi) is 5.41. The van der Waals surface area contributed by atoms with Crippen molar-refractivity contribution in [3.8, 4) is 0 Å². The molecule has 0 spiro atoms. The summed E-state index contributed by atoms with van der Waals surface area (Å²) in [6, 6.07) is 1.18. The van der Waals surface area contributed by atoms with Gasteiger partial charge in [-0.25, -0.2) is 4.98 Å². The molecule has 0 bridgehead atoms. The number of nitrogens with one attached hydrogen (secondary N) is 1. The number of rotatable bonds is 5. The Bertz CT molecular complexity index is 396. The van der Waals surface area contributed by atoms with Crippen LogP contribution in [0.4, 0.5) is 5.13 Å². The quantitative estimate of drug-likeness (QED) is 0.904. The molecule has 2 rings (SSSR count). The Hall–Kier alpha value is -0.650. The minimum absolute atomic E-state index is 0.588. The number of likely N-dealkylation sites (N-methyl/N-ethyl adjacent to an activating group) is 1. The zero-order valence-corrected chi connectivity index (χ0v) is 14.3. The van der Waals surface area contributed by atoms with Crippen LogP contribution in [0.1, 0.15) is 37.8 Å². The minimum Gasteiger partial charge on any atom is -0.345 e. The molecule has 114 valence electrons. The smallest absolute Gasteiger partial charge is 0.185 e. The second kappa shape index (κ2) is 6.87. The lowest BCUT2D eigenvalue weighted by molar-refractivity contribution is 0.170. The van der Waals surface area contributed by atoms with E-state index in [1.165, 1.54) is 15.7 Å². The summed E-state index contributed by atoms with van der Waals surface area (Å²) < 4.78 is 0. The van der Waals surface area contributed by atoms with Crippen LogP contribution >= 0.6 is 11.3 Å². The van der Waals surface area contributed by atoms with Gasteiger partial charge in [0.2, 0.25) is 0 Å². The van der Waals surface area contributed by atoms with Gasteiger partial charge in [0.1, 0.15) is 0 Å². The summed E-state index contributed by atoms with van der Waals surface area (Å²) in [7, 11) is 4.23. The van der Waals surface area contributed by atoms with Gasteiger partial charge in [0.15, 0.2) is 5.13 Å². The molecule has 1 aliphatic heterocycles. The van der Waals surface area contributed by atoms with Crippen molar-refractivity contribution in [2.45, 2.75) is 52.2 Å². The van der Waals surface area contributed by atoms with Gasteiger partial charge in [0.05, 0.1) is 5.69 Å². The molecule has 1 fully saturated rings. The molecule has 0 saturated carbocycles. The number of piperazine rings is 1. The zero-order chi connectivity index (χ0) is 14.7. The molecule has 2 heterocycles. The third-order valence-corrected chi connectivity index (χ3v) is 5.38. The van der Waals surface area contributed by atoms with Crippen LogP contribution in [0.2, 0.25) is 0 Å². The van der Waals surface area contributed by atoms with Crippen molar-refractivity contribution in [3.05, 3.63) is 10.6 Å². The first-order chi connectivity index (χ1) is 9.56. The lowest BCUT2D eigenvalue weighted by Crippen LogP contribution is -2.55. The Morgan fingerprint density at radius 3 is 2.50 bits per heavy atom. The largest absolute Gasteiger partial charge is 0.345 e. The molecule has 0 amide bonds. The van der Waals surface area contributed by atoms with Gasteiger partial charge in [-0.2, -0.15) is 0 Å². The fourth-order valence-corrected chi connectivity index (χ4v) is 3.93. The highest BCUT2D eigenvalue weighted by Gasteiger charge is 2.28. The third kappa shape index (κ3) is 3.32. The molecule has 4 nitrogen and oxygen atoms in total. The molecule has 0 aromatic carbocycles. The maximum Gasteiger partial charge on any atom is 0.185 e. The minimum atomic E-state index is 0.588.